The van der Waals surface area contributed by atoms with Gasteiger partial charge in [-0.3, -0.25) is 14.4 Å². The second-order valence-corrected chi connectivity index (χ2v) is 16.6. The molecule has 0 unspecified atom stereocenters. The molecule has 72 heavy (non-hydrogen) atoms. The summed E-state index contributed by atoms with van der Waals surface area (Å²) in [5.41, 5.74) is 2.83. The van der Waals surface area contributed by atoms with Gasteiger partial charge in [0.05, 0.1) is 69.4 Å². The first kappa shape index (κ1) is 59.4. The predicted molar refractivity (Wildman–Crippen MR) is 274 cm³/mol. The lowest BCUT2D eigenvalue weighted by atomic mass is 10.1. The van der Waals surface area contributed by atoms with E-state index in [1.165, 1.54) is 0 Å². The summed E-state index contributed by atoms with van der Waals surface area (Å²) in [5, 5.41) is 0. The van der Waals surface area contributed by atoms with Crippen LogP contribution in [0.15, 0.2) is 92.5 Å². The van der Waals surface area contributed by atoms with Crippen molar-refractivity contribution in [2.75, 3.05) is 46.2 Å². The average Bonchev–Trinajstić information content (AvgIpc) is 3.37. The Kier molecular flexibility index (Phi) is 29.1. The van der Waals surface area contributed by atoms with E-state index in [4.69, 9.17) is 42.6 Å². The van der Waals surface area contributed by atoms with Crippen LogP contribution in [-0.4, -0.2) is 88.4 Å². The largest absolute Gasteiger partial charge is 0.494 e. The first-order valence-electron chi connectivity index (χ1n) is 25.2. The molecule has 0 aromatic heterocycles. The maximum absolute atomic E-state index is 12.9. The van der Waals surface area contributed by atoms with Crippen LogP contribution in [0.25, 0.3) is 16.7 Å². The van der Waals surface area contributed by atoms with Crippen molar-refractivity contribution in [2.24, 2.45) is 0 Å². The monoisotopic (exact) mass is 999 g/mol. The summed E-state index contributed by atoms with van der Waals surface area (Å²) < 4.78 is 49.1. The van der Waals surface area contributed by atoms with Crippen LogP contribution in [0.3, 0.4) is 0 Å². The summed E-state index contributed by atoms with van der Waals surface area (Å²) in [5.74, 6) is -0.797. The summed E-state index contributed by atoms with van der Waals surface area (Å²) in [6.45, 7) is 18.8. The Morgan fingerprint density at radius 1 is 0.375 bits per heavy atom. The van der Waals surface area contributed by atoms with E-state index in [0.29, 0.717) is 73.0 Å². The molecule has 15 nitrogen and oxygen atoms in total. The highest BCUT2D eigenvalue weighted by Crippen LogP contribution is 2.22. The van der Waals surface area contributed by atoms with Crippen molar-refractivity contribution in [1.29, 1.82) is 0 Å². The molecule has 0 bridgehead atoms. The minimum absolute atomic E-state index is 0.00296. The zero-order valence-corrected chi connectivity index (χ0v) is 42.5. The van der Waals surface area contributed by atoms with Gasteiger partial charge in [0.25, 0.3) is 6.29 Å². The van der Waals surface area contributed by atoms with E-state index in [2.05, 4.69) is 19.7 Å². The third-order valence-corrected chi connectivity index (χ3v) is 10.9. The fraction of sp³-hybridized carbons (Fsp3) is 0.474. The third kappa shape index (κ3) is 24.3. The minimum Gasteiger partial charge on any atom is -0.494 e. The number of esters is 6. The van der Waals surface area contributed by atoms with Crippen molar-refractivity contribution in [3.05, 3.63) is 109 Å². The fourth-order valence-electron chi connectivity index (χ4n) is 6.90. The molecule has 3 rings (SSSR count). The van der Waals surface area contributed by atoms with Crippen molar-refractivity contribution in [1.82, 2.24) is 0 Å². The van der Waals surface area contributed by atoms with Crippen LogP contribution in [0.1, 0.15) is 140 Å². The standard InChI is InChI=1S/C57H74O15/c1-7-64-55(61)42(4)45-25-31-48(32-26-45)67-38-19-13-10-16-22-51(58)70-41-37-54(71-52(59)23-17-11-14-20-39-68-49-33-27-46(28-34-49)43(5)56(62)65-8-2)72-53(60)24-18-12-15-21-40-69-50-35-29-47(30-36-50)44(6)57(63)66-9-3/h25-36,54H,4-24,37-41H2,1-3H3. The molecular formula is C57H74O15. The number of hydrogen-bond acceptors (Lipinski definition) is 15. The van der Waals surface area contributed by atoms with E-state index in [9.17, 15) is 28.8 Å². The molecule has 0 saturated carbocycles. The van der Waals surface area contributed by atoms with Crippen molar-refractivity contribution in [3.63, 3.8) is 0 Å². The van der Waals surface area contributed by atoms with E-state index < -0.39 is 42.1 Å². The Labute approximate surface area is 425 Å². The molecule has 0 aliphatic carbocycles. The van der Waals surface area contributed by atoms with E-state index in [0.717, 1.165) is 57.8 Å². The molecule has 0 atom stereocenters. The number of carbonyl (C=O) groups is 6. The molecule has 0 N–H and O–H groups in total. The van der Waals surface area contributed by atoms with Crippen LogP contribution in [0.2, 0.25) is 0 Å². The summed E-state index contributed by atoms with van der Waals surface area (Å²) >= 11 is 0. The topological polar surface area (TPSA) is 185 Å². The minimum atomic E-state index is -1.20. The maximum atomic E-state index is 12.9. The fourth-order valence-corrected chi connectivity index (χ4v) is 6.90. The molecule has 0 spiro atoms. The molecular weight excluding hydrogens is 925 g/mol. The summed E-state index contributed by atoms with van der Waals surface area (Å²) in [7, 11) is 0. The zero-order valence-electron chi connectivity index (χ0n) is 42.5. The zero-order chi connectivity index (χ0) is 52.4. The van der Waals surface area contributed by atoms with Gasteiger partial charge in [0, 0.05) is 19.3 Å². The normalized spacial score (nSPS) is 10.7. The van der Waals surface area contributed by atoms with Crippen molar-refractivity contribution in [2.45, 2.75) is 130 Å². The second kappa shape index (κ2) is 35.2. The van der Waals surface area contributed by atoms with Gasteiger partial charge < -0.3 is 42.6 Å². The highest BCUT2D eigenvalue weighted by Gasteiger charge is 2.20. The number of hydrogen-bond donors (Lipinski definition) is 0. The molecule has 0 radical (unpaired) electrons. The number of rotatable bonds is 38. The van der Waals surface area contributed by atoms with E-state index in [1.807, 2.05) is 0 Å². The van der Waals surface area contributed by atoms with Crippen LogP contribution in [0.5, 0.6) is 17.2 Å². The average molecular weight is 999 g/mol. The molecule has 3 aromatic carbocycles. The first-order chi connectivity index (χ1) is 34.8. The number of ether oxygens (including phenoxy) is 9. The van der Waals surface area contributed by atoms with Gasteiger partial charge in [-0.05, 0) is 112 Å². The lowest BCUT2D eigenvalue weighted by molar-refractivity contribution is -0.191. The SMILES string of the molecule is C=C(C(=O)OCC)c1ccc(OCCCCCCC(=O)OCCC(OC(=O)CCCCCCOc2ccc(C(=C)C(=O)OCC)cc2)OC(=O)CCCCCCOc2ccc(C(=C)C(=O)OCC)cc2)cc1. The van der Waals surface area contributed by atoms with Gasteiger partial charge in [-0.1, -0.05) is 94.7 Å². The molecule has 15 heteroatoms. The summed E-state index contributed by atoms with van der Waals surface area (Å²) in [6.07, 6.45) is 8.10. The lowest BCUT2D eigenvalue weighted by Gasteiger charge is -2.18. The number of unbranched alkanes of at least 4 members (excludes halogenated alkanes) is 9. The molecule has 0 amide bonds. The summed E-state index contributed by atoms with van der Waals surface area (Å²) in [6, 6.07) is 21.2. The Balaban J connectivity index is 1.35. The van der Waals surface area contributed by atoms with Crippen LogP contribution in [0, 0.1) is 0 Å². The molecule has 0 aliphatic rings. The molecule has 0 saturated heterocycles. The molecule has 3 aromatic rings. The van der Waals surface area contributed by atoms with Gasteiger partial charge in [-0.2, -0.15) is 0 Å². The van der Waals surface area contributed by atoms with Gasteiger partial charge in [-0.25, -0.2) is 14.4 Å². The lowest BCUT2D eigenvalue weighted by Crippen LogP contribution is -2.26. The smallest absolute Gasteiger partial charge is 0.338 e. The maximum Gasteiger partial charge on any atom is 0.338 e. The van der Waals surface area contributed by atoms with E-state index in [1.54, 1.807) is 93.6 Å². The van der Waals surface area contributed by atoms with Crippen molar-refractivity contribution in [3.8, 4) is 17.2 Å². The Morgan fingerprint density at radius 2 is 0.667 bits per heavy atom. The van der Waals surface area contributed by atoms with Gasteiger partial charge in [0.1, 0.15) is 17.2 Å². The van der Waals surface area contributed by atoms with E-state index in [-0.39, 0.29) is 68.8 Å². The quantitative estimate of drug-likeness (QED) is 0.0173. The third-order valence-electron chi connectivity index (χ3n) is 10.9. The van der Waals surface area contributed by atoms with E-state index >= 15 is 0 Å². The van der Waals surface area contributed by atoms with Crippen LogP contribution in [0.4, 0.5) is 0 Å². The highest BCUT2D eigenvalue weighted by molar-refractivity contribution is 6.16. The van der Waals surface area contributed by atoms with Gasteiger partial charge in [0.2, 0.25) is 0 Å². The van der Waals surface area contributed by atoms with Crippen molar-refractivity contribution >= 4 is 52.5 Å². The molecule has 0 aliphatic heterocycles. The Bertz CT molecular complexity index is 2060. The molecule has 0 fully saturated rings. The van der Waals surface area contributed by atoms with Crippen LogP contribution >= 0.6 is 0 Å². The highest BCUT2D eigenvalue weighted by atomic mass is 16.7. The Morgan fingerprint density at radius 3 is 0.972 bits per heavy atom. The number of benzene rings is 3. The van der Waals surface area contributed by atoms with Crippen LogP contribution in [-0.2, 0) is 57.2 Å². The van der Waals surface area contributed by atoms with Gasteiger partial charge in [0.15, 0.2) is 0 Å². The van der Waals surface area contributed by atoms with Gasteiger partial charge in [-0.15, -0.1) is 0 Å². The van der Waals surface area contributed by atoms with Crippen LogP contribution < -0.4 is 14.2 Å². The predicted octanol–water partition coefficient (Wildman–Crippen LogP) is 11.1. The first-order valence-corrected chi connectivity index (χ1v) is 25.2. The Hall–Kier alpha value is -6.90. The molecule has 0 heterocycles. The molecule has 392 valence electrons. The summed E-state index contributed by atoms with van der Waals surface area (Å²) in [4.78, 5) is 74.1. The number of carbonyl (C=O) groups excluding carboxylic acids is 6. The van der Waals surface area contributed by atoms with Crippen molar-refractivity contribution < 1.29 is 71.4 Å². The van der Waals surface area contributed by atoms with Gasteiger partial charge >= 0.3 is 35.8 Å². The second-order valence-electron chi connectivity index (χ2n) is 16.6.